The van der Waals surface area contributed by atoms with Gasteiger partial charge in [-0.05, 0) is 43.7 Å². The fourth-order valence-electron chi connectivity index (χ4n) is 3.26. The van der Waals surface area contributed by atoms with Crippen LogP contribution in [-0.2, 0) is 4.79 Å². The summed E-state index contributed by atoms with van der Waals surface area (Å²) in [6, 6.07) is 11.3. The molecule has 0 aliphatic heterocycles. The predicted octanol–water partition coefficient (Wildman–Crippen LogP) is 4.55. The molecule has 3 rings (SSSR count). The van der Waals surface area contributed by atoms with E-state index >= 15 is 0 Å². The molecule has 0 atom stereocenters. The van der Waals surface area contributed by atoms with Crippen molar-refractivity contribution in [3.05, 3.63) is 59.4 Å². The topological polar surface area (TPSA) is 74.2 Å². The molecule has 162 valence electrons. The lowest BCUT2D eigenvalue weighted by atomic mass is 10.1. The van der Waals surface area contributed by atoms with Crippen molar-refractivity contribution >= 4 is 35.0 Å². The van der Waals surface area contributed by atoms with Crippen LogP contribution in [0.2, 0.25) is 5.02 Å². The Morgan fingerprint density at radius 2 is 1.87 bits per heavy atom. The first-order valence-electron chi connectivity index (χ1n) is 10.1. The minimum Gasteiger partial charge on any atom is -0.359 e. The maximum atomic E-state index is 11.4. The number of benzene rings is 1. The van der Waals surface area contributed by atoms with Crippen molar-refractivity contribution in [2.45, 2.75) is 20.3 Å². The highest BCUT2D eigenvalue weighted by Crippen LogP contribution is 2.28. The van der Waals surface area contributed by atoms with Crippen molar-refractivity contribution in [3.63, 3.8) is 0 Å². The van der Waals surface area contributed by atoms with Gasteiger partial charge in [0.05, 0.1) is 5.69 Å². The highest BCUT2D eigenvalue weighted by atomic mass is 35.5. The van der Waals surface area contributed by atoms with Gasteiger partial charge < -0.3 is 15.1 Å². The van der Waals surface area contributed by atoms with Crippen molar-refractivity contribution in [2.75, 3.05) is 37.4 Å². The first-order chi connectivity index (χ1) is 14.8. The van der Waals surface area contributed by atoms with Crippen LogP contribution in [-0.4, -0.2) is 52.9 Å². The number of rotatable bonds is 8. The molecule has 8 heteroatoms. The maximum absolute atomic E-state index is 11.4. The number of hydrogen-bond donors (Lipinski definition) is 1. The second-order valence-electron chi connectivity index (χ2n) is 7.42. The highest BCUT2D eigenvalue weighted by Gasteiger charge is 2.13. The lowest BCUT2D eigenvalue weighted by Gasteiger charge is -2.23. The summed E-state index contributed by atoms with van der Waals surface area (Å²) in [6.45, 7) is 5.13. The van der Waals surface area contributed by atoms with Crippen LogP contribution in [0.15, 0.2) is 48.8 Å². The van der Waals surface area contributed by atoms with Crippen molar-refractivity contribution in [1.82, 2.24) is 19.9 Å². The molecule has 3 aromatic rings. The first-order valence-corrected chi connectivity index (χ1v) is 10.5. The Kier molecular flexibility index (Phi) is 7.41. The lowest BCUT2D eigenvalue weighted by Crippen LogP contribution is -2.29. The molecule has 0 saturated carbocycles. The van der Waals surface area contributed by atoms with Crippen LogP contribution in [0.25, 0.3) is 11.3 Å². The lowest BCUT2D eigenvalue weighted by molar-refractivity contribution is -0.127. The van der Waals surface area contributed by atoms with Gasteiger partial charge in [0.15, 0.2) is 0 Å². The van der Waals surface area contributed by atoms with Crippen LogP contribution in [0.4, 0.5) is 17.5 Å². The monoisotopic (exact) mass is 438 g/mol. The number of amides is 1. The van der Waals surface area contributed by atoms with Gasteiger partial charge >= 0.3 is 0 Å². The van der Waals surface area contributed by atoms with Crippen molar-refractivity contribution in [3.8, 4) is 11.3 Å². The third-order valence-electron chi connectivity index (χ3n) is 5.08. The third kappa shape index (κ3) is 5.92. The van der Waals surface area contributed by atoms with E-state index in [1.54, 1.807) is 24.2 Å². The summed E-state index contributed by atoms with van der Waals surface area (Å²) in [5.41, 5.74) is 3.67. The van der Waals surface area contributed by atoms with Crippen LogP contribution in [0, 0.1) is 6.92 Å². The van der Waals surface area contributed by atoms with E-state index in [1.165, 1.54) is 0 Å². The minimum absolute atomic E-state index is 0.0740. The van der Waals surface area contributed by atoms with Crippen molar-refractivity contribution < 1.29 is 4.79 Å². The molecule has 0 radical (unpaired) electrons. The maximum Gasteiger partial charge on any atom is 0.227 e. The SMILES string of the molecule is CC(=O)N(C)CCCN(C)c1nccc(-c2ccnc(Nc3cccc(Cl)c3)n2)c1C. The van der Waals surface area contributed by atoms with Gasteiger partial charge in [-0.25, -0.2) is 15.0 Å². The number of pyridine rings is 1. The molecule has 0 bridgehead atoms. The molecule has 2 aromatic heterocycles. The van der Waals surface area contributed by atoms with E-state index < -0.39 is 0 Å². The summed E-state index contributed by atoms with van der Waals surface area (Å²) in [4.78, 5) is 28.8. The van der Waals surface area contributed by atoms with Gasteiger partial charge in [-0.2, -0.15) is 0 Å². The first kappa shape index (κ1) is 22.5. The average molecular weight is 439 g/mol. The number of carbonyl (C=O) groups is 1. The molecule has 1 aromatic carbocycles. The molecular formula is C23H27ClN6O. The summed E-state index contributed by atoms with van der Waals surface area (Å²) < 4.78 is 0. The number of nitrogens with zero attached hydrogens (tertiary/aromatic N) is 5. The Balaban J connectivity index is 1.77. The molecule has 7 nitrogen and oxygen atoms in total. The number of carbonyl (C=O) groups excluding carboxylic acids is 1. The van der Waals surface area contributed by atoms with E-state index in [0.717, 1.165) is 41.3 Å². The van der Waals surface area contributed by atoms with Crippen molar-refractivity contribution in [2.24, 2.45) is 0 Å². The van der Waals surface area contributed by atoms with Gasteiger partial charge in [-0.3, -0.25) is 4.79 Å². The predicted molar refractivity (Wildman–Crippen MR) is 126 cm³/mol. The number of nitrogens with one attached hydrogen (secondary N) is 1. The van der Waals surface area contributed by atoms with Gasteiger partial charge in [0, 0.05) is 68.3 Å². The largest absolute Gasteiger partial charge is 0.359 e. The summed E-state index contributed by atoms with van der Waals surface area (Å²) >= 11 is 6.06. The molecule has 1 amide bonds. The summed E-state index contributed by atoms with van der Waals surface area (Å²) in [7, 11) is 3.83. The van der Waals surface area contributed by atoms with Crippen LogP contribution in [0.5, 0.6) is 0 Å². The number of anilines is 3. The smallest absolute Gasteiger partial charge is 0.227 e. The molecule has 31 heavy (non-hydrogen) atoms. The molecular weight excluding hydrogens is 412 g/mol. The molecule has 0 spiro atoms. The molecule has 2 heterocycles. The van der Waals surface area contributed by atoms with Crippen LogP contribution >= 0.6 is 11.6 Å². The zero-order valence-electron chi connectivity index (χ0n) is 18.3. The molecule has 0 unspecified atom stereocenters. The minimum atomic E-state index is 0.0740. The van der Waals surface area contributed by atoms with E-state index in [2.05, 4.69) is 25.2 Å². The second kappa shape index (κ2) is 10.2. The average Bonchev–Trinajstić information content (AvgIpc) is 2.74. The Bertz CT molecular complexity index is 1060. The Morgan fingerprint density at radius 1 is 1.10 bits per heavy atom. The molecule has 0 aliphatic carbocycles. The van der Waals surface area contributed by atoms with Gasteiger partial charge in [-0.1, -0.05) is 17.7 Å². The zero-order valence-corrected chi connectivity index (χ0v) is 19.0. The summed E-state index contributed by atoms with van der Waals surface area (Å²) in [5.74, 6) is 1.47. The van der Waals surface area contributed by atoms with Crippen molar-refractivity contribution in [1.29, 1.82) is 0 Å². The normalized spacial score (nSPS) is 10.6. The van der Waals surface area contributed by atoms with E-state index in [0.29, 0.717) is 17.5 Å². The Hall–Kier alpha value is -3.19. The highest BCUT2D eigenvalue weighted by molar-refractivity contribution is 6.30. The van der Waals surface area contributed by atoms with Gasteiger partial charge in [-0.15, -0.1) is 0 Å². The van der Waals surface area contributed by atoms with E-state index in [4.69, 9.17) is 11.6 Å². The Labute approximate surface area is 188 Å². The zero-order chi connectivity index (χ0) is 22.4. The molecule has 1 N–H and O–H groups in total. The van der Waals surface area contributed by atoms with E-state index in [-0.39, 0.29) is 5.91 Å². The number of aromatic nitrogens is 3. The number of halogens is 1. The quantitative estimate of drug-likeness (QED) is 0.556. The molecule has 0 saturated heterocycles. The van der Waals surface area contributed by atoms with E-state index in [1.807, 2.05) is 57.4 Å². The van der Waals surface area contributed by atoms with Gasteiger partial charge in [0.2, 0.25) is 11.9 Å². The van der Waals surface area contributed by atoms with Gasteiger partial charge in [0.25, 0.3) is 0 Å². The van der Waals surface area contributed by atoms with Gasteiger partial charge in [0.1, 0.15) is 5.82 Å². The van der Waals surface area contributed by atoms with Crippen LogP contribution in [0.1, 0.15) is 18.9 Å². The van der Waals surface area contributed by atoms with Crippen LogP contribution in [0.3, 0.4) is 0 Å². The summed E-state index contributed by atoms with van der Waals surface area (Å²) in [5, 5.41) is 3.84. The fraction of sp³-hybridized carbons (Fsp3) is 0.304. The Morgan fingerprint density at radius 3 is 2.61 bits per heavy atom. The van der Waals surface area contributed by atoms with Crippen LogP contribution < -0.4 is 10.2 Å². The number of hydrogen-bond acceptors (Lipinski definition) is 6. The molecule has 0 aliphatic rings. The fourth-order valence-corrected chi connectivity index (χ4v) is 3.45. The molecule has 0 fully saturated rings. The van der Waals surface area contributed by atoms with E-state index in [9.17, 15) is 4.79 Å². The summed E-state index contributed by atoms with van der Waals surface area (Å²) in [6.07, 6.45) is 4.39. The standard InChI is InChI=1S/C23H27ClN6O/c1-16-20(9-11-25-22(16)30(4)14-6-13-29(3)17(2)31)21-10-12-26-23(28-21)27-19-8-5-7-18(24)15-19/h5,7-12,15H,6,13-14H2,1-4H3,(H,26,27,28). The third-order valence-corrected chi connectivity index (χ3v) is 5.31. The second-order valence-corrected chi connectivity index (χ2v) is 7.86.